The molecule has 1 aliphatic rings. The molecule has 0 radical (unpaired) electrons. The van der Waals surface area contributed by atoms with Gasteiger partial charge in [0.25, 0.3) is 0 Å². The third-order valence-corrected chi connectivity index (χ3v) is 1.56. The fourth-order valence-electron chi connectivity index (χ4n) is 0.826. The lowest BCUT2D eigenvalue weighted by atomic mass is 10.2. The van der Waals surface area contributed by atoms with Crippen LogP contribution < -0.4 is 0 Å². The van der Waals surface area contributed by atoms with Crippen molar-refractivity contribution in [3.8, 4) is 0 Å². The van der Waals surface area contributed by atoms with Gasteiger partial charge in [0.1, 0.15) is 0 Å². The molecule has 1 heterocycles. The van der Waals surface area contributed by atoms with Crippen LogP contribution in [0.3, 0.4) is 0 Å². The molecule has 8 heavy (non-hydrogen) atoms. The van der Waals surface area contributed by atoms with Crippen molar-refractivity contribution in [3.05, 3.63) is 0 Å². The molecular formula is C6H13NO. The molecule has 2 nitrogen and oxygen atoms in total. The van der Waals surface area contributed by atoms with Crippen LogP contribution in [0.4, 0.5) is 0 Å². The Morgan fingerprint density at radius 1 is 1.50 bits per heavy atom. The molecule has 1 saturated heterocycles. The Kier molecular flexibility index (Phi) is 2.30. The molecular weight excluding hydrogens is 102 g/mol. The lowest BCUT2D eigenvalue weighted by Gasteiger charge is -2.29. The maximum Gasteiger partial charge on any atom is 0.0589 e. The minimum atomic E-state index is 0.889. The number of likely N-dealkylation sites (tertiary alicyclic amines) is 1. The molecule has 1 rings (SSSR count). The van der Waals surface area contributed by atoms with Crippen molar-refractivity contribution in [2.45, 2.75) is 6.42 Å². The number of rotatable bonds is 3. The zero-order chi connectivity index (χ0) is 5.82. The molecule has 0 N–H and O–H groups in total. The van der Waals surface area contributed by atoms with Crippen LogP contribution in [-0.4, -0.2) is 38.3 Å². The summed E-state index contributed by atoms with van der Waals surface area (Å²) >= 11 is 0. The predicted molar refractivity (Wildman–Crippen MR) is 32.9 cm³/mol. The molecule has 0 aromatic rings. The summed E-state index contributed by atoms with van der Waals surface area (Å²) in [5.74, 6) is 0. The van der Waals surface area contributed by atoms with Crippen molar-refractivity contribution < 1.29 is 4.74 Å². The highest BCUT2D eigenvalue weighted by Gasteiger charge is 2.11. The molecule has 1 aliphatic heterocycles. The van der Waals surface area contributed by atoms with Crippen molar-refractivity contribution >= 4 is 0 Å². The van der Waals surface area contributed by atoms with Crippen molar-refractivity contribution in [2.75, 3.05) is 33.4 Å². The zero-order valence-electron chi connectivity index (χ0n) is 5.39. The Labute approximate surface area is 50.4 Å². The largest absolute Gasteiger partial charge is 0.383 e. The van der Waals surface area contributed by atoms with E-state index in [1.807, 2.05) is 0 Å². The van der Waals surface area contributed by atoms with Gasteiger partial charge in [0.05, 0.1) is 6.61 Å². The highest BCUT2D eigenvalue weighted by Crippen LogP contribution is 2.03. The zero-order valence-corrected chi connectivity index (χ0v) is 5.39. The van der Waals surface area contributed by atoms with Gasteiger partial charge in [-0.1, -0.05) is 0 Å². The third kappa shape index (κ3) is 1.46. The Balaban J connectivity index is 1.86. The first kappa shape index (κ1) is 6.05. The molecule has 0 bridgehead atoms. The van der Waals surface area contributed by atoms with Crippen LogP contribution >= 0.6 is 0 Å². The van der Waals surface area contributed by atoms with E-state index in [1.165, 1.54) is 19.5 Å². The van der Waals surface area contributed by atoms with Crippen molar-refractivity contribution in [1.29, 1.82) is 0 Å². The molecule has 0 aromatic heterocycles. The van der Waals surface area contributed by atoms with Gasteiger partial charge in [-0.25, -0.2) is 0 Å². The van der Waals surface area contributed by atoms with E-state index >= 15 is 0 Å². The standard InChI is InChI=1S/C6H13NO/c1-8-6-5-7-3-2-4-7/h2-6H2,1H3. The Morgan fingerprint density at radius 2 is 2.25 bits per heavy atom. The molecule has 2 heteroatoms. The van der Waals surface area contributed by atoms with Crippen molar-refractivity contribution in [2.24, 2.45) is 0 Å². The fourth-order valence-corrected chi connectivity index (χ4v) is 0.826. The molecule has 48 valence electrons. The minimum Gasteiger partial charge on any atom is -0.383 e. The van der Waals surface area contributed by atoms with E-state index in [-0.39, 0.29) is 0 Å². The molecule has 0 aromatic carbocycles. The van der Waals surface area contributed by atoms with E-state index < -0.39 is 0 Å². The second-order valence-electron chi connectivity index (χ2n) is 2.19. The van der Waals surface area contributed by atoms with Gasteiger partial charge in [0, 0.05) is 13.7 Å². The second kappa shape index (κ2) is 3.05. The summed E-state index contributed by atoms with van der Waals surface area (Å²) in [6, 6.07) is 0. The van der Waals surface area contributed by atoms with Crippen LogP contribution in [0.25, 0.3) is 0 Å². The Bertz CT molecular complexity index is 61.5. The maximum atomic E-state index is 4.91. The van der Waals surface area contributed by atoms with Gasteiger partial charge >= 0.3 is 0 Å². The Hall–Kier alpha value is -0.0800. The summed E-state index contributed by atoms with van der Waals surface area (Å²) in [4.78, 5) is 2.39. The monoisotopic (exact) mass is 115 g/mol. The number of hydrogen-bond donors (Lipinski definition) is 0. The molecule has 0 saturated carbocycles. The topological polar surface area (TPSA) is 12.5 Å². The van der Waals surface area contributed by atoms with E-state index in [1.54, 1.807) is 7.11 Å². The van der Waals surface area contributed by atoms with Crippen molar-refractivity contribution in [3.63, 3.8) is 0 Å². The van der Waals surface area contributed by atoms with Gasteiger partial charge in [0.15, 0.2) is 0 Å². The van der Waals surface area contributed by atoms with Crippen LogP contribution in [0.15, 0.2) is 0 Å². The Morgan fingerprint density at radius 3 is 2.62 bits per heavy atom. The van der Waals surface area contributed by atoms with Gasteiger partial charge in [-0.05, 0) is 19.5 Å². The van der Waals surface area contributed by atoms with Gasteiger partial charge in [0.2, 0.25) is 0 Å². The summed E-state index contributed by atoms with van der Waals surface area (Å²) in [5, 5.41) is 0. The second-order valence-corrected chi connectivity index (χ2v) is 2.19. The molecule has 0 unspecified atom stereocenters. The van der Waals surface area contributed by atoms with E-state index in [4.69, 9.17) is 4.74 Å². The van der Waals surface area contributed by atoms with Gasteiger partial charge in [-0.3, -0.25) is 0 Å². The third-order valence-electron chi connectivity index (χ3n) is 1.56. The first-order valence-corrected chi connectivity index (χ1v) is 3.15. The fraction of sp³-hybridized carbons (Fsp3) is 1.00. The summed E-state index contributed by atoms with van der Waals surface area (Å²) in [5.41, 5.74) is 0. The van der Waals surface area contributed by atoms with E-state index in [9.17, 15) is 0 Å². The van der Waals surface area contributed by atoms with Gasteiger partial charge in [-0.15, -0.1) is 0 Å². The van der Waals surface area contributed by atoms with E-state index in [2.05, 4.69) is 4.90 Å². The average molecular weight is 115 g/mol. The van der Waals surface area contributed by atoms with Gasteiger partial charge < -0.3 is 9.64 Å². The normalized spacial score (nSPS) is 20.6. The van der Waals surface area contributed by atoms with Crippen molar-refractivity contribution in [1.82, 2.24) is 4.90 Å². The SMILES string of the molecule is COCCN1CCC1. The minimum absolute atomic E-state index is 0.889. The average Bonchev–Trinajstić information content (AvgIpc) is 1.63. The quantitative estimate of drug-likeness (QED) is 0.526. The molecule has 0 spiro atoms. The highest BCUT2D eigenvalue weighted by atomic mass is 16.5. The molecule has 0 amide bonds. The van der Waals surface area contributed by atoms with E-state index in [0.29, 0.717) is 0 Å². The number of nitrogens with zero attached hydrogens (tertiary/aromatic N) is 1. The molecule has 1 fully saturated rings. The molecule has 0 aliphatic carbocycles. The van der Waals surface area contributed by atoms with Gasteiger partial charge in [-0.2, -0.15) is 0 Å². The first-order valence-electron chi connectivity index (χ1n) is 3.15. The smallest absolute Gasteiger partial charge is 0.0589 e. The summed E-state index contributed by atoms with van der Waals surface area (Å²) in [7, 11) is 1.75. The summed E-state index contributed by atoms with van der Waals surface area (Å²) < 4.78 is 4.91. The predicted octanol–water partition coefficient (Wildman–Crippen LogP) is 0.339. The van der Waals surface area contributed by atoms with Crippen LogP contribution in [0.1, 0.15) is 6.42 Å². The lowest BCUT2D eigenvalue weighted by molar-refractivity contribution is 0.111. The first-order chi connectivity index (χ1) is 3.93. The summed E-state index contributed by atoms with van der Waals surface area (Å²) in [6.45, 7) is 4.57. The number of hydrogen-bond acceptors (Lipinski definition) is 2. The number of methoxy groups -OCH3 is 1. The molecule has 0 atom stereocenters. The maximum absolute atomic E-state index is 4.91. The van der Waals surface area contributed by atoms with Crippen LogP contribution in [0.5, 0.6) is 0 Å². The summed E-state index contributed by atoms with van der Waals surface area (Å²) in [6.07, 6.45) is 1.38. The number of ether oxygens (including phenoxy) is 1. The lowest BCUT2D eigenvalue weighted by Crippen LogP contribution is -2.39. The highest BCUT2D eigenvalue weighted by molar-refractivity contribution is 4.66. The van der Waals surface area contributed by atoms with Crippen LogP contribution in [-0.2, 0) is 4.74 Å². The van der Waals surface area contributed by atoms with E-state index in [0.717, 1.165) is 13.2 Å². The van der Waals surface area contributed by atoms with Crippen LogP contribution in [0.2, 0.25) is 0 Å². The van der Waals surface area contributed by atoms with Crippen LogP contribution in [0, 0.1) is 0 Å².